The van der Waals surface area contributed by atoms with E-state index in [-0.39, 0.29) is 18.7 Å². The van der Waals surface area contributed by atoms with Crippen LogP contribution in [-0.2, 0) is 19.3 Å². The molecule has 1 aliphatic carbocycles. The van der Waals surface area contributed by atoms with Gasteiger partial charge in [0, 0.05) is 5.39 Å². The molecule has 0 saturated heterocycles. The Balaban J connectivity index is 1.33. The summed E-state index contributed by atoms with van der Waals surface area (Å²) >= 11 is 0. The van der Waals surface area contributed by atoms with Gasteiger partial charge in [-0.15, -0.1) is 0 Å². The molecule has 0 spiro atoms. The van der Waals surface area contributed by atoms with Gasteiger partial charge < -0.3 is 0 Å². The zero-order valence-corrected chi connectivity index (χ0v) is 20.4. The Bertz CT molecular complexity index is 1150. The maximum absolute atomic E-state index is 15.1. The number of halogens is 4. The van der Waals surface area contributed by atoms with E-state index in [9.17, 15) is 13.2 Å². The number of aryl methyl sites for hydroxylation is 3. The summed E-state index contributed by atoms with van der Waals surface area (Å²) in [6.07, 6.45) is 14.9. The first kappa shape index (κ1) is 25.5. The van der Waals surface area contributed by atoms with Crippen molar-refractivity contribution in [3.8, 4) is 0 Å². The van der Waals surface area contributed by atoms with Gasteiger partial charge in [0.05, 0.1) is 0 Å². The Hall–Kier alpha value is -2.62. The number of benzene rings is 3. The van der Waals surface area contributed by atoms with E-state index in [0.717, 1.165) is 35.8 Å². The molecule has 186 valence electrons. The zero-order valence-electron chi connectivity index (χ0n) is 20.4. The first-order chi connectivity index (χ1) is 16.9. The molecule has 0 atom stereocenters. The van der Waals surface area contributed by atoms with Gasteiger partial charge in [0.15, 0.2) is 17.5 Å². The molecule has 0 heterocycles. The van der Waals surface area contributed by atoms with Gasteiger partial charge in [0.25, 0.3) is 0 Å². The van der Waals surface area contributed by atoms with Crippen molar-refractivity contribution >= 4 is 10.8 Å². The molecule has 1 aliphatic rings. The lowest BCUT2D eigenvalue weighted by atomic mass is 9.78. The summed E-state index contributed by atoms with van der Waals surface area (Å²) < 4.78 is 55.2. The number of allylic oxidation sites excluding steroid dienone is 2. The molecule has 0 N–H and O–H groups in total. The molecular formula is C31H34F4. The van der Waals surface area contributed by atoms with Crippen LogP contribution in [0.4, 0.5) is 17.6 Å². The first-order valence-corrected chi connectivity index (χ1v) is 12.9. The molecular weight excluding hydrogens is 448 g/mol. The summed E-state index contributed by atoms with van der Waals surface area (Å²) in [4.78, 5) is 0. The van der Waals surface area contributed by atoms with Gasteiger partial charge in [-0.05, 0) is 91.5 Å². The van der Waals surface area contributed by atoms with Gasteiger partial charge in [-0.25, -0.2) is 17.6 Å². The molecule has 4 heteroatoms. The van der Waals surface area contributed by atoms with Crippen molar-refractivity contribution in [3.63, 3.8) is 0 Å². The van der Waals surface area contributed by atoms with Crippen LogP contribution >= 0.6 is 0 Å². The van der Waals surface area contributed by atoms with Crippen molar-refractivity contribution in [1.82, 2.24) is 0 Å². The second-order valence-electron chi connectivity index (χ2n) is 10.0. The van der Waals surface area contributed by atoms with Crippen LogP contribution in [0.15, 0.2) is 54.6 Å². The van der Waals surface area contributed by atoms with E-state index in [0.29, 0.717) is 16.5 Å². The lowest BCUT2D eigenvalue weighted by Crippen LogP contribution is -2.15. The molecule has 0 amide bonds. The average Bonchev–Trinajstić information content (AvgIpc) is 2.86. The summed E-state index contributed by atoms with van der Waals surface area (Å²) in [5.41, 5.74) is 2.03. The molecule has 0 unspecified atom stereocenters. The third kappa shape index (κ3) is 6.54. The SMILES string of the molecule is C/C=C/CCC1CCC(CCc2ccc3c(F)c(CCc4cc(F)c(F)c(F)c4)ccc3c2)CC1. The number of hydrogen-bond donors (Lipinski definition) is 0. The van der Waals surface area contributed by atoms with Gasteiger partial charge in [-0.3, -0.25) is 0 Å². The van der Waals surface area contributed by atoms with E-state index in [4.69, 9.17) is 0 Å². The second kappa shape index (κ2) is 11.9. The quantitative estimate of drug-likeness (QED) is 0.162. The highest BCUT2D eigenvalue weighted by Gasteiger charge is 2.20. The summed E-state index contributed by atoms with van der Waals surface area (Å²) in [6, 6.07) is 11.5. The summed E-state index contributed by atoms with van der Waals surface area (Å²) in [7, 11) is 0. The maximum atomic E-state index is 15.1. The van der Waals surface area contributed by atoms with Crippen LogP contribution in [0, 0.1) is 35.1 Å². The second-order valence-corrected chi connectivity index (χ2v) is 10.0. The average molecular weight is 483 g/mol. The van der Waals surface area contributed by atoms with Crippen molar-refractivity contribution in [2.45, 2.75) is 71.1 Å². The molecule has 3 aromatic carbocycles. The predicted octanol–water partition coefficient (Wildman–Crippen LogP) is 9.28. The van der Waals surface area contributed by atoms with Crippen LogP contribution < -0.4 is 0 Å². The number of rotatable bonds is 9. The normalized spacial score (nSPS) is 18.5. The smallest absolute Gasteiger partial charge is 0.194 e. The molecule has 0 aromatic heterocycles. The lowest BCUT2D eigenvalue weighted by molar-refractivity contribution is 0.254. The maximum Gasteiger partial charge on any atom is 0.194 e. The van der Waals surface area contributed by atoms with E-state index in [1.54, 1.807) is 6.07 Å². The van der Waals surface area contributed by atoms with E-state index >= 15 is 4.39 Å². The third-order valence-electron chi connectivity index (χ3n) is 7.61. The fourth-order valence-corrected chi connectivity index (χ4v) is 5.44. The summed E-state index contributed by atoms with van der Waals surface area (Å²) in [6.45, 7) is 2.08. The Labute approximate surface area is 206 Å². The van der Waals surface area contributed by atoms with E-state index < -0.39 is 17.5 Å². The van der Waals surface area contributed by atoms with Crippen LogP contribution in [-0.4, -0.2) is 0 Å². The molecule has 3 aromatic rings. The highest BCUT2D eigenvalue weighted by molar-refractivity contribution is 5.84. The summed E-state index contributed by atoms with van der Waals surface area (Å²) in [5.74, 6) is -2.55. The van der Waals surface area contributed by atoms with Gasteiger partial charge >= 0.3 is 0 Å². The minimum atomic E-state index is -1.48. The first-order valence-electron chi connectivity index (χ1n) is 12.9. The van der Waals surface area contributed by atoms with Crippen molar-refractivity contribution in [2.24, 2.45) is 11.8 Å². The van der Waals surface area contributed by atoms with Gasteiger partial charge in [-0.2, -0.15) is 0 Å². The topological polar surface area (TPSA) is 0 Å². The monoisotopic (exact) mass is 482 g/mol. The molecule has 1 saturated carbocycles. The van der Waals surface area contributed by atoms with Gasteiger partial charge in [0.1, 0.15) is 5.82 Å². The minimum Gasteiger partial charge on any atom is -0.206 e. The molecule has 0 radical (unpaired) electrons. The molecule has 0 nitrogen and oxygen atoms in total. The highest BCUT2D eigenvalue weighted by atomic mass is 19.2. The summed E-state index contributed by atoms with van der Waals surface area (Å²) in [5, 5.41) is 1.43. The lowest BCUT2D eigenvalue weighted by Gasteiger charge is -2.28. The fraction of sp³-hybridized carbons (Fsp3) is 0.419. The van der Waals surface area contributed by atoms with Crippen molar-refractivity contribution in [1.29, 1.82) is 0 Å². The van der Waals surface area contributed by atoms with Crippen LogP contribution in [0.5, 0.6) is 0 Å². The zero-order chi connectivity index (χ0) is 24.8. The van der Waals surface area contributed by atoms with Crippen LogP contribution in [0.25, 0.3) is 10.8 Å². The van der Waals surface area contributed by atoms with E-state index in [1.807, 2.05) is 18.2 Å². The van der Waals surface area contributed by atoms with Crippen LogP contribution in [0.1, 0.15) is 68.6 Å². The Morgan fingerprint density at radius 1 is 0.714 bits per heavy atom. The standard InChI is InChI=1S/C31H34F4/c1-2-3-4-5-21-6-8-22(9-7-21)10-11-23-13-17-27-26(18-23)16-15-25(30(27)34)14-12-24-19-28(32)31(35)29(33)20-24/h2-3,13,15-22H,4-12,14H2,1H3/b3-2+. The third-order valence-corrected chi connectivity index (χ3v) is 7.61. The molecule has 0 bridgehead atoms. The van der Waals surface area contributed by atoms with Crippen molar-refractivity contribution < 1.29 is 17.6 Å². The molecule has 4 rings (SSSR count). The van der Waals surface area contributed by atoms with Crippen LogP contribution in [0.2, 0.25) is 0 Å². The highest BCUT2D eigenvalue weighted by Crippen LogP contribution is 2.34. The molecule has 35 heavy (non-hydrogen) atoms. The number of fused-ring (bicyclic) bond motifs is 1. The molecule has 1 fully saturated rings. The van der Waals surface area contributed by atoms with Crippen LogP contribution in [0.3, 0.4) is 0 Å². The Kier molecular flexibility index (Phi) is 8.64. The van der Waals surface area contributed by atoms with Gasteiger partial charge in [0.2, 0.25) is 0 Å². The van der Waals surface area contributed by atoms with Crippen molar-refractivity contribution in [3.05, 3.63) is 94.6 Å². The van der Waals surface area contributed by atoms with Crippen molar-refractivity contribution in [2.75, 3.05) is 0 Å². The van der Waals surface area contributed by atoms with E-state index in [2.05, 4.69) is 25.1 Å². The predicted molar refractivity (Wildman–Crippen MR) is 135 cm³/mol. The Morgan fingerprint density at radius 3 is 2.09 bits per heavy atom. The fourth-order valence-electron chi connectivity index (χ4n) is 5.44. The number of hydrogen-bond acceptors (Lipinski definition) is 0. The largest absolute Gasteiger partial charge is 0.206 e. The van der Waals surface area contributed by atoms with Gasteiger partial charge in [-0.1, -0.05) is 68.2 Å². The Morgan fingerprint density at radius 2 is 1.40 bits per heavy atom. The minimum absolute atomic E-state index is 0.228. The van der Waals surface area contributed by atoms with E-state index in [1.165, 1.54) is 50.5 Å². The molecule has 0 aliphatic heterocycles.